The van der Waals surface area contributed by atoms with E-state index >= 15 is 0 Å². The van der Waals surface area contributed by atoms with Crippen molar-refractivity contribution in [2.24, 2.45) is 5.10 Å². The van der Waals surface area contributed by atoms with Crippen LogP contribution in [0.25, 0.3) is 0 Å². The fourth-order valence-corrected chi connectivity index (χ4v) is 2.77. The van der Waals surface area contributed by atoms with E-state index in [1.807, 2.05) is 5.10 Å². The minimum atomic E-state index is -4.68. The average Bonchev–Trinajstić information content (AvgIpc) is 2.74. The number of nitrogens with one attached hydrogen (secondary N) is 1. The topological polar surface area (TPSA) is 66.2 Å². The van der Waals surface area contributed by atoms with Crippen LogP contribution in [0.1, 0.15) is 11.4 Å². The highest BCUT2D eigenvalue weighted by molar-refractivity contribution is 9.11. The molecule has 0 bridgehead atoms. The SMILES string of the molecule is Oc1c(Br)cc(/C=N\n2c(C(F)(F)F)n[nH]c2=S)cc1Br. The highest BCUT2D eigenvalue weighted by atomic mass is 79.9. The highest BCUT2D eigenvalue weighted by Crippen LogP contribution is 2.33. The number of halogens is 5. The fraction of sp³-hybridized carbons (Fsp3) is 0.100. The smallest absolute Gasteiger partial charge is 0.453 e. The molecule has 11 heteroatoms. The third-order valence-corrected chi connectivity index (χ3v) is 3.74. The van der Waals surface area contributed by atoms with E-state index < -0.39 is 12.0 Å². The molecule has 0 aliphatic rings. The van der Waals surface area contributed by atoms with Crippen molar-refractivity contribution in [1.29, 1.82) is 0 Å². The molecule has 0 unspecified atom stereocenters. The van der Waals surface area contributed by atoms with Crippen LogP contribution in [0, 0.1) is 4.77 Å². The van der Waals surface area contributed by atoms with Crippen LogP contribution < -0.4 is 0 Å². The van der Waals surface area contributed by atoms with E-state index in [1.165, 1.54) is 12.1 Å². The Kier molecular flexibility index (Phi) is 4.54. The number of hydrogen-bond donors (Lipinski definition) is 2. The summed E-state index contributed by atoms with van der Waals surface area (Å²) in [5.41, 5.74) is 0.447. The van der Waals surface area contributed by atoms with Crippen LogP contribution in [-0.2, 0) is 6.18 Å². The molecule has 0 aliphatic heterocycles. The van der Waals surface area contributed by atoms with Crippen LogP contribution in [0.15, 0.2) is 26.2 Å². The zero-order valence-corrected chi connectivity index (χ0v) is 13.8. The van der Waals surface area contributed by atoms with Gasteiger partial charge in [0.25, 0.3) is 5.82 Å². The van der Waals surface area contributed by atoms with Gasteiger partial charge in [0, 0.05) is 0 Å². The summed E-state index contributed by atoms with van der Waals surface area (Å²) in [5, 5.41) is 18.4. The van der Waals surface area contributed by atoms with Crippen molar-refractivity contribution < 1.29 is 18.3 Å². The molecule has 2 aromatic rings. The standard InChI is InChI=1S/C10H5Br2F3N4OS/c11-5-1-4(2-6(12)7(5)20)3-16-19-8(10(13,14)15)17-18-9(19)21/h1-3,20H,(H,18,21)/b16-3-. The van der Waals surface area contributed by atoms with Crippen molar-refractivity contribution in [2.45, 2.75) is 6.18 Å². The van der Waals surface area contributed by atoms with Crippen molar-refractivity contribution in [3.8, 4) is 5.75 Å². The summed E-state index contributed by atoms with van der Waals surface area (Å²) in [5.74, 6) is -1.27. The fourth-order valence-electron chi connectivity index (χ4n) is 1.37. The van der Waals surface area contributed by atoms with E-state index in [-0.39, 0.29) is 10.5 Å². The summed E-state index contributed by atoms with van der Waals surface area (Å²) in [7, 11) is 0. The molecule has 1 aromatic carbocycles. The first kappa shape index (κ1) is 16.2. The lowest BCUT2D eigenvalue weighted by molar-refractivity contribution is -0.147. The Hall–Kier alpha value is -1.20. The van der Waals surface area contributed by atoms with Crippen LogP contribution in [0.3, 0.4) is 0 Å². The highest BCUT2D eigenvalue weighted by Gasteiger charge is 2.37. The Morgan fingerprint density at radius 2 is 1.90 bits per heavy atom. The van der Waals surface area contributed by atoms with Crippen molar-refractivity contribution in [1.82, 2.24) is 14.9 Å². The van der Waals surface area contributed by atoms with Gasteiger partial charge in [0.15, 0.2) is 0 Å². The first-order valence-corrected chi connectivity index (χ1v) is 7.16. The van der Waals surface area contributed by atoms with Gasteiger partial charge in [-0.15, -0.1) is 5.10 Å². The predicted molar refractivity (Wildman–Crippen MR) is 78.9 cm³/mol. The van der Waals surface area contributed by atoms with E-state index in [1.54, 1.807) is 0 Å². The average molecular weight is 446 g/mol. The summed E-state index contributed by atoms with van der Waals surface area (Å²) in [6, 6.07) is 2.97. The van der Waals surface area contributed by atoms with Crippen molar-refractivity contribution >= 4 is 50.3 Å². The molecule has 2 rings (SSSR count). The van der Waals surface area contributed by atoms with Gasteiger partial charge in [0.2, 0.25) is 4.77 Å². The monoisotopic (exact) mass is 444 g/mol. The number of hydrogen-bond acceptors (Lipinski definition) is 4. The lowest BCUT2D eigenvalue weighted by Crippen LogP contribution is -2.12. The van der Waals surface area contributed by atoms with E-state index in [2.05, 4.69) is 42.1 Å². The molecule has 0 fully saturated rings. The second kappa shape index (κ2) is 5.89. The lowest BCUT2D eigenvalue weighted by Gasteiger charge is -2.05. The molecule has 0 spiro atoms. The van der Waals surface area contributed by atoms with Crippen LogP contribution in [-0.4, -0.2) is 26.2 Å². The number of rotatable bonds is 2. The lowest BCUT2D eigenvalue weighted by atomic mass is 10.2. The summed E-state index contributed by atoms with van der Waals surface area (Å²) in [6.45, 7) is 0. The molecule has 1 heterocycles. The molecule has 0 saturated heterocycles. The Balaban J connectivity index is 2.44. The van der Waals surface area contributed by atoms with Gasteiger partial charge in [0.1, 0.15) is 5.75 Å². The Morgan fingerprint density at radius 1 is 1.33 bits per heavy atom. The van der Waals surface area contributed by atoms with Crippen LogP contribution >= 0.6 is 44.1 Å². The number of aromatic hydroxyl groups is 1. The summed E-state index contributed by atoms with van der Waals surface area (Å²) in [6.07, 6.45) is -3.52. The Morgan fingerprint density at radius 3 is 2.43 bits per heavy atom. The molecular formula is C10H5Br2F3N4OS. The van der Waals surface area contributed by atoms with Gasteiger partial charge in [-0.1, -0.05) is 0 Å². The molecule has 5 nitrogen and oxygen atoms in total. The van der Waals surface area contributed by atoms with Gasteiger partial charge in [-0.05, 0) is 61.8 Å². The zero-order valence-electron chi connectivity index (χ0n) is 9.82. The number of aromatic nitrogens is 3. The van der Waals surface area contributed by atoms with Crippen LogP contribution in [0.2, 0.25) is 0 Å². The minimum absolute atomic E-state index is 0.0250. The molecule has 0 atom stereocenters. The summed E-state index contributed by atoms with van der Waals surface area (Å²) in [4.78, 5) is 0. The first-order valence-electron chi connectivity index (χ1n) is 5.17. The van der Waals surface area contributed by atoms with Gasteiger partial charge in [-0.25, -0.2) is 5.10 Å². The molecule has 0 aliphatic carbocycles. The minimum Gasteiger partial charge on any atom is -0.506 e. The molecule has 112 valence electrons. The second-order valence-electron chi connectivity index (χ2n) is 3.74. The van der Waals surface area contributed by atoms with Crippen LogP contribution in [0.5, 0.6) is 5.75 Å². The number of benzene rings is 1. The number of H-pyrrole nitrogens is 1. The van der Waals surface area contributed by atoms with E-state index in [9.17, 15) is 18.3 Å². The largest absolute Gasteiger partial charge is 0.506 e. The molecule has 0 amide bonds. The normalized spacial score (nSPS) is 12.2. The number of aromatic amines is 1. The molecule has 1 aromatic heterocycles. The number of alkyl halides is 3. The number of phenols is 1. The van der Waals surface area contributed by atoms with Gasteiger partial charge in [-0.2, -0.15) is 22.9 Å². The van der Waals surface area contributed by atoms with E-state index in [0.29, 0.717) is 19.2 Å². The van der Waals surface area contributed by atoms with Crippen LogP contribution in [0.4, 0.5) is 13.2 Å². The quantitative estimate of drug-likeness (QED) is 0.540. The van der Waals surface area contributed by atoms with Crippen molar-refractivity contribution in [2.75, 3.05) is 0 Å². The maximum absolute atomic E-state index is 12.7. The molecule has 0 saturated carbocycles. The predicted octanol–water partition coefficient (Wildman–Crippen LogP) is 4.07. The van der Waals surface area contributed by atoms with Gasteiger partial charge < -0.3 is 5.11 Å². The van der Waals surface area contributed by atoms with Crippen molar-refractivity contribution in [3.63, 3.8) is 0 Å². The van der Waals surface area contributed by atoms with E-state index in [0.717, 1.165) is 6.21 Å². The van der Waals surface area contributed by atoms with Gasteiger partial charge in [0.05, 0.1) is 15.2 Å². The Labute approximate surface area is 137 Å². The van der Waals surface area contributed by atoms with Gasteiger partial charge in [-0.3, -0.25) is 0 Å². The first-order chi connectivity index (χ1) is 9.70. The number of phenolic OH excluding ortho intramolecular Hbond substituents is 1. The third kappa shape index (κ3) is 3.52. The zero-order chi connectivity index (χ0) is 15.8. The Bertz CT molecular complexity index is 745. The molecule has 0 radical (unpaired) electrons. The molecule has 21 heavy (non-hydrogen) atoms. The van der Waals surface area contributed by atoms with E-state index in [4.69, 9.17) is 12.2 Å². The second-order valence-corrected chi connectivity index (χ2v) is 5.84. The molecule has 2 N–H and O–H groups in total. The summed E-state index contributed by atoms with van der Waals surface area (Å²) < 4.78 is 39.0. The third-order valence-electron chi connectivity index (χ3n) is 2.27. The summed E-state index contributed by atoms with van der Waals surface area (Å²) >= 11 is 10.9. The maximum atomic E-state index is 12.7. The maximum Gasteiger partial charge on any atom is 0.453 e. The van der Waals surface area contributed by atoms with Gasteiger partial charge >= 0.3 is 6.18 Å². The molecular weight excluding hydrogens is 441 g/mol. The number of nitrogens with zero attached hydrogens (tertiary/aromatic N) is 3. The van der Waals surface area contributed by atoms with Crippen molar-refractivity contribution in [3.05, 3.63) is 37.2 Å².